The third-order valence-electron chi connectivity index (χ3n) is 2.19. The van der Waals surface area contributed by atoms with Crippen LogP contribution in [-0.4, -0.2) is 35.4 Å². The molecular weight excluding hydrogens is 194 g/mol. The minimum atomic E-state index is 0.106. The van der Waals surface area contributed by atoms with E-state index in [1.165, 1.54) is 0 Å². The summed E-state index contributed by atoms with van der Waals surface area (Å²) >= 11 is 0. The van der Waals surface area contributed by atoms with E-state index in [1.807, 2.05) is 0 Å². The van der Waals surface area contributed by atoms with E-state index < -0.39 is 0 Å². The van der Waals surface area contributed by atoms with Crippen molar-refractivity contribution in [2.75, 3.05) is 13.6 Å². The predicted octanol–water partition coefficient (Wildman–Crippen LogP) is 1.02. The van der Waals surface area contributed by atoms with Crippen molar-refractivity contribution in [3.05, 3.63) is 0 Å². The van der Waals surface area contributed by atoms with Gasteiger partial charge in [0.05, 0.1) is 0 Å². The number of amidine groups is 1. The molecule has 5 nitrogen and oxygen atoms in total. The molecule has 0 aliphatic heterocycles. The highest BCUT2D eigenvalue weighted by Gasteiger charge is 2.09. The van der Waals surface area contributed by atoms with Crippen LogP contribution in [0.25, 0.3) is 0 Å². The molecule has 0 bridgehead atoms. The zero-order valence-electron chi connectivity index (χ0n) is 9.73. The Hall–Kier alpha value is -1.26. The molecule has 0 aromatic rings. The maximum Gasteiger partial charge on any atom is 0.222 e. The quantitative estimate of drug-likeness (QED) is 0.300. The summed E-state index contributed by atoms with van der Waals surface area (Å²) in [6.07, 6.45) is 1.86. The lowest BCUT2D eigenvalue weighted by molar-refractivity contribution is -0.130. The largest absolute Gasteiger partial charge is 0.409 e. The van der Waals surface area contributed by atoms with Crippen molar-refractivity contribution in [3.63, 3.8) is 0 Å². The van der Waals surface area contributed by atoms with Crippen LogP contribution in [0, 0.1) is 5.92 Å². The van der Waals surface area contributed by atoms with Gasteiger partial charge >= 0.3 is 0 Å². The molecule has 0 spiro atoms. The topological polar surface area (TPSA) is 78.9 Å². The van der Waals surface area contributed by atoms with E-state index in [0.29, 0.717) is 25.3 Å². The number of oxime groups is 1. The first-order valence-corrected chi connectivity index (χ1v) is 5.17. The van der Waals surface area contributed by atoms with E-state index in [2.05, 4.69) is 19.0 Å². The number of carbonyl (C=O) groups is 1. The Labute approximate surface area is 90.9 Å². The Balaban J connectivity index is 3.79. The molecule has 0 aliphatic carbocycles. The maximum atomic E-state index is 11.5. The maximum absolute atomic E-state index is 11.5. The van der Waals surface area contributed by atoms with Crippen LogP contribution >= 0.6 is 0 Å². The minimum absolute atomic E-state index is 0.106. The third kappa shape index (κ3) is 6.76. The summed E-state index contributed by atoms with van der Waals surface area (Å²) in [7, 11) is 1.73. The monoisotopic (exact) mass is 215 g/mol. The normalized spacial score (nSPS) is 11.9. The highest BCUT2D eigenvalue weighted by atomic mass is 16.4. The second-order valence-corrected chi connectivity index (χ2v) is 4.09. The molecule has 88 valence electrons. The van der Waals surface area contributed by atoms with Gasteiger partial charge in [0.15, 0.2) is 0 Å². The Kier molecular flexibility index (Phi) is 6.49. The minimum Gasteiger partial charge on any atom is -0.409 e. The zero-order valence-corrected chi connectivity index (χ0v) is 9.73. The average molecular weight is 215 g/mol. The van der Waals surface area contributed by atoms with Crippen LogP contribution in [0.2, 0.25) is 0 Å². The number of rotatable bonds is 6. The van der Waals surface area contributed by atoms with Crippen molar-refractivity contribution in [1.29, 1.82) is 0 Å². The summed E-state index contributed by atoms with van der Waals surface area (Å²) in [4.78, 5) is 13.1. The fraction of sp³-hybridized carbons (Fsp3) is 0.800. The lowest BCUT2D eigenvalue weighted by Crippen LogP contribution is -2.30. The summed E-state index contributed by atoms with van der Waals surface area (Å²) in [5, 5.41) is 11.2. The van der Waals surface area contributed by atoms with Crippen LogP contribution in [0.3, 0.4) is 0 Å². The van der Waals surface area contributed by atoms with Crippen LogP contribution in [0.15, 0.2) is 5.16 Å². The molecule has 0 fully saturated rings. The van der Waals surface area contributed by atoms with Crippen molar-refractivity contribution in [3.8, 4) is 0 Å². The number of hydrogen-bond donors (Lipinski definition) is 2. The summed E-state index contributed by atoms with van der Waals surface area (Å²) in [5.41, 5.74) is 5.31. The van der Waals surface area contributed by atoms with E-state index in [0.717, 1.165) is 6.42 Å². The Morgan fingerprint density at radius 1 is 1.47 bits per heavy atom. The molecule has 0 unspecified atom stereocenters. The Morgan fingerprint density at radius 2 is 2.07 bits per heavy atom. The van der Waals surface area contributed by atoms with Crippen molar-refractivity contribution in [2.24, 2.45) is 16.8 Å². The van der Waals surface area contributed by atoms with Gasteiger partial charge in [-0.1, -0.05) is 19.0 Å². The van der Waals surface area contributed by atoms with Gasteiger partial charge in [0.25, 0.3) is 0 Å². The SMILES string of the molecule is CC(C)CCC(=O)N(C)CC/C(N)=N/O. The highest BCUT2D eigenvalue weighted by molar-refractivity contribution is 5.81. The summed E-state index contributed by atoms with van der Waals surface area (Å²) in [6.45, 7) is 4.67. The number of carbonyl (C=O) groups excluding carboxylic acids is 1. The van der Waals surface area contributed by atoms with E-state index >= 15 is 0 Å². The molecule has 0 saturated heterocycles. The van der Waals surface area contributed by atoms with Crippen molar-refractivity contribution < 1.29 is 10.0 Å². The highest BCUT2D eigenvalue weighted by Crippen LogP contribution is 2.05. The standard InChI is InChI=1S/C10H21N3O2/c1-8(2)4-5-10(14)13(3)7-6-9(11)12-15/h8,15H,4-7H2,1-3H3,(H2,11,12). The molecule has 5 heteroatoms. The van der Waals surface area contributed by atoms with Crippen LogP contribution in [0.4, 0.5) is 0 Å². The van der Waals surface area contributed by atoms with E-state index in [-0.39, 0.29) is 11.7 Å². The lowest BCUT2D eigenvalue weighted by atomic mass is 10.1. The van der Waals surface area contributed by atoms with Gasteiger partial charge in [-0.25, -0.2) is 0 Å². The first-order chi connectivity index (χ1) is 6.97. The molecule has 0 aliphatic rings. The van der Waals surface area contributed by atoms with Gasteiger partial charge in [0, 0.05) is 26.4 Å². The first kappa shape index (κ1) is 13.7. The van der Waals surface area contributed by atoms with Crippen LogP contribution in [0.5, 0.6) is 0 Å². The number of nitrogens with zero attached hydrogens (tertiary/aromatic N) is 2. The van der Waals surface area contributed by atoms with Gasteiger partial charge < -0.3 is 15.8 Å². The molecule has 0 aromatic carbocycles. The number of nitrogens with two attached hydrogens (primary N) is 1. The smallest absolute Gasteiger partial charge is 0.222 e. The fourth-order valence-corrected chi connectivity index (χ4v) is 1.06. The van der Waals surface area contributed by atoms with Crippen LogP contribution in [-0.2, 0) is 4.79 Å². The molecule has 0 saturated carbocycles. The molecule has 0 radical (unpaired) electrons. The Bertz CT molecular complexity index is 227. The molecule has 15 heavy (non-hydrogen) atoms. The molecule has 0 rings (SSSR count). The summed E-state index contributed by atoms with van der Waals surface area (Å²) < 4.78 is 0. The van der Waals surface area contributed by atoms with Gasteiger partial charge in [-0.05, 0) is 12.3 Å². The van der Waals surface area contributed by atoms with E-state index in [1.54, 1.807) is 11.9 Å². The second kappa shape index (κ2) is 7.09. The zero-order chi connectivity index (χ0) is 11.8. The van der Waals surface area contributed by atoms with Gasteiger partial charge in [0.1, 0.15) is 5.84 Å². The molecular formula is C10H21N3O2. The molecule has 3 N–H and O–H groups in total. The van der Waals surface area contributed by atoms with Crippen LogP contribution in [0.1, 0.15) is 33.1 Å². The van der Waals surface area contributed by atoms with Crippen molar-refractivity contribution in [1.82, 2.24) is 4.90 Å². The van der Waals surface area contributed by atoms with Crippen LogP contribution < -0.4 is 5.73 Å². The fourth-order valence-electron chi connectivity index (χ4n) is 1.06. The van der Waals surface area contributed by atoms with E-state index in [4.69, 9.17) is 10.9 Å². The third-order valence-corrected chi connectivity index (χ3v) is 2.19. The van der Waals surface area contributed by atoms with Gasteiger partial charge in [-0.2, -0.15) is 0 Å². The summed E-state index contributed by atoms with van der Waals surface area (Å²) in [6, 6.07) is 0. The van der Waals surface area contributed by atoms with Crippen molar-refractivity contribution >= 4 is 11.7 Å². The summed E-state index contributed by atoms with van der Waals surface area (Å²) in [5.74, 6) is 0.791. The Morgan fingerprint density at radius 3 is 2.53 bits per heavy atom. The van der Waals surface area contributed by atoms with E-state index in [9.17, 15) is 4.79 Å². The molecule has 0 aromatic heterocycles. The number of hydrogen-bond acceptors (Lipinski definition) is 3. The van der Waals surface area contributed by atoms with Gasteiger partial charge in [-0.3, -0.25) is 4.79 Å². The second-order valence-electron chi connectivity index (χ2n) is 4.09. The average Bonchev–Trinajstić information content (AvgIpc) is 2.21. The molecule has 1 amide bonds. The predicted molar refractivity (Wildman–Crippen MR) is 59.7 cm³/mol. The van der Waals surface area contributed by atoms with Crippen molar-refractivity contribution in [2.45, 2.75) is 33.1 Å². The van der Waals surface area contributed by atoms with Gasteiger partial charge in [0.2, 0.25) is 5.91 Å². The van der Waals surface area contributed by atoms with Gasteiger partial charge in [-0.15, -0.1) is 0 Å². The first-order valence-electron chi connectivity index (χ1n) is 5.17. The molecule has 0 atom stereocenters. The number of amides is 1. The lowest BCUT2D eigenvalue weighted by Gasteiger charge is -2.17. The molecule has 0 heterocycles.